The number of rotatable bonds is 2. The smallest absolute Gasteiger partial charge is 0.126 e. The zero-order valence-electron chi connectivity index (χ0n) is 7.18. The Morgan fingerprint density at radius 2 is 1.69 bits per heavy atom. The maximum absolute atomic E-state index is 5.17. The van der Waals surface area contributed by atoms with Crippen molar-refractivity contribution in [3.63, 3.8) is 0 Å². The average molecular weight is 170 g/mol. The van der Waals surface area contributed by atoms with E-state index in [-0.39, 0.29) is 0 Å². The first-order chi connectivity index (χ1) is 6.45. The van der Waals surface area contributed by atoms with Gasteiger partial charge in [0.1, 0.15) is 5.76 Å². The van der Waals surface area contributed by atoms with Gasteiger partial charge in [-0.3, -0.25) is 0 Å². The Kier molecular flexibility index (Phi) is 2.28. The summed E-state index contributed by atoms with van der Waals surface area (Å²) in [5.41, 5.74) is 1.18. The van der Waals surface area contributed by atoms with Crippen molar-refractivity contribution in [2.24, 2.45) is 0 Å². The number of furan rings is 1. The molecule has 0 fully saturated rings. The molecular formula is C12H10O. The Hall–Kier alpha value is -1.76. The zero-order valence-corrected chi connectivity index (χ0v) is 7.18. The van der Waals surface area contributed by atoms with Gasteiger partial charge >= 0.3 is 0 Å². The number of benzene rings is 1. The van der Waals surface area contributed by atoms with Gasteiger partial charge in [0.25, 0.3) is 0 Å². The molecule has 1 heteroatoms. The lowest BCUT2D eigenvalue weighted by Crippen LogP contribution is -1.67. The third-order valence-corrected chi connectivity index (χ3v) is 1.78. The maximum atomic E-state index is 5.17. The summed E-state index contributed by atoms with van der Waals surface area (Å²) >= 11 is 0. The van der Waals surface area contributed by atoms with Crippen LogP contribution in [0.2, 0.25) is 0 Å². The van der Waals surface area contributed by atoms with Crippen molar-refractivity contribution in [3.05, 3.63) is 60.1 Å². The van der Waals surface area contributed by atoms with Gasteiger partial charge in [0, 0.05) is 0 Å². The van der Waals surface area contributed by atoms with E-state index in [0.717, 1.165) is 5.76 Å². The molecule has 1 aromatic carbocycles. The zero-order chi connectivity index (χ0) is 8.93. The minimum absolute atomic E-state index is 0.879. The molecule has 0 saturated heterocycles. The fourth-order valence-corrected chi connectivity index (χ4v) is 1.13. The van der Waals surface area contributed by atoms with Crippen molar-refractivity contribution in [1.29, 1.82) is 0 Å². The van der Waals surface area contributed by atoms with E-state index in [1.165, 1.54) is 5.56 Å². The Labute approximate surface area is 77.3 Å². The lowest BCUT2D eigenvalue weighted by atomic mass is 10.2. The summed E-state index contributed by atoms with van der Waals surface area (Å²) in [5.74, 6) is 0.879. The third-order valence-electron chi connectivity index (χ3n) is 1.78. The standard InChI is InChI=1S/C12H10O/c1-2-5-11(6-3-1)8-9-12-7-4-10-13-12/h1-10H/b9-8-. The van der Waals surface area contributed by atoms with E-state index < -0.39 is 0 Å². The van der Waals surface area contributed by atoms with E-state index >= 15 is 0 Å². The molecule has 1 nitrogen and oxygen atoms in total. The molecule has 1 aromatic heterocycles. The van der Waals surface area contributed by atoms with Gasteiger partial charge in [-0.15, -0.1) is 0 Å². The van der Waals surface area contributed by atoms with Crippen LogP contribution in [-0.2, 0) is 0 Å². The van der Waals surface area contributed by atoms with Crippen LogP contribution in [-0.4, -0.2) is 0 Å². The molecule has 0 radical (unpaired) electrons. The number of hydrogen-bond acceptors (Lipinski definition) is 1. The van der Waals surface area contributed by atoms with Crippen molar-refractivity contribution in [3.8, 4) is 0 Å². The lowest BCUT2D eigenvalue weighted by Gasteiger charge is -1.89. The van der Waals surface area contributed by atoms with Crippen LogP contribution in [0, 0.1) is 0 Å². The van der Waals surface area contributed by atoms with Crippen molar-refractivity contribution in [1.82, 2.24) is 0 Å². The van der Waals surface area contributed by atoms with Crippen LogP contribution in [0.3, 0.4) is 0 Å². The highest BCUT2D eigenvalue weighted by atomic mass is 16.3. The van der Waals surface area contributed by atoms with Gasteiger partial charge in [0.2, 0.25) is 0 Å². The van der Waals surface area contributed by atoms with Gasteiger partial charge in [-0.1, -0.05) is 36.4 Å². The molecule has 1 heterocycles. The van der Waals surface area contributed by atoms with Crippen molar-refractivity contribution in [2.45, 2.75) is 0 Å². The molecular weight excluding hydrogens is 160 g/mol. The summed E-state index contributed by atoms with van der Waals surface area (Å²) in [4.78, 5) is 0. The molecule has 0 aliphatic rings. The first kappa shape index (κ1) is 7.87. The Bertz CT molecular complexity index is 371. The topological polar surface area (TPSA) is 13.1 Å². The molecule has 0 aliphatic carbocycles. The monoisotopic (exact) mass is 170 g/mol. The minimum Gasteiger partial charge on any atom is -0.465 e. The summed E-state index contributed by atoms with van der Waals surface area (Å²) in [6, 6.07) is 14.0. The molecule has 0 atom stereocenters. The van der Waals surface area contributed by atoms with Crippen LogP contribution in [0.4, 0.5) is 0 Å². The van der Waals surface area contributed by atoms with Gasteiger partial charge in [0.05, 0.1) is 6.26 Å². The van der Waals surface area contributed by atoms with Crippen molar-refractivity contribution < 1.29 is 4.42 Å². The molecule has 2 aromatic rings. The Morgan fingerprint density at radius 1 is 0.846 bits per heavy atom. The molecule has 0 N–H and O–H groups in total. The molecule has 0 unspecified atom stereocenters. The Morgan fingerprint density at radius 3 is 2.38 bits per heavy atom. The maximum Gasteiger partial charge on any atom is 0.126 e. The minimum atomic E-state index is 0.879. The van der Waals surface area contributed by atoms with Crippen LogP contribution in [0.5, 0.6) is 0 Å². The predicted octanol–water partition coefficient (Wildman–Crippen LogP) is 3.45. The van der Waals surface area contributed by atoms with Crippen LogP contribution < -0.4 is 0 Å². The molecule has 0 saturated carbocycles. The molecule has 0 amide bonds. The van der Waals surface area contributed by atoms with Gasteiger partial charge in [0.15, 0.2) is 0 Å². The van der Waals surface area contributed by atoms with Gasteiger partial charge in [-0.25, -0.2) is 0 Å². The second-order valence-corrected chi connectivity index (χ2v) is 2.76. The first-order valence-electron chi connectivity index (χ1n) is 4.22. The van der Waals surface area contributed by atoms with Gasteiger partial charge in [-0.05, 0) is 23.8 Å². The summed E-state index contributed by atoms with van der Waals surface area (Å²) in [6.45, 7) is 0. The quantitative estimate of drug-likeness (QED) is 0.672. The van der Waals surface area contributed by atoms with E-state index in [1.807, 2.05) is 42.5 Å². The van der Waals surface area contributed by atoms with Crippen molar-refractivity contribution in [2.75, 3.05) is 0 Å². The fraction of sp³-hybridized carbons (Fsp3) is 0. The summed E-state index contributed by atoms with van der Waals surface area (Å²) in [5, 5.41) is 0. The molecule has 2 rings (SSSR count). The molecule has 0 aliphatic heterocycles. The van der Waals surface area contributed by atoms with E-state index in [0.29, 0.717) is 0 Å². The van der Waals surface area contributed by atoms with Crippen LogP contribution in [0.1, 0.15) is 11.3 Å². The first-order valence-corrected chi connectivity index (χ1v) is 4.22. The third kappa shape index (κ3) is 2.09. The predicted molar refractivity (Wildman–Crippen MR) is 54.1 cm³/mol. The van der Waals surface area contributed by atoms with E-state index in [9.17, 15) is 0 Å². The number of hydrogen-bond donors (Lipinski definition) is 0. The Balaban J connectivity index is 2.15. The van der Waals surface area contributed by atoms with Gasteiger partial charge < -0.3 is 4.42 Å². The van der Waals surface area contributed by atoms with Crippen LogP contribution >= 0.6 is 0 Å². The molecule has 0 spiro atoms. The lowest BCUT2D eigenvalue weighted by molar-refractivity contribution is 0.557. The summed E-state index contributed by atoms with van der Waals surface area (Å²) < 4.78 is 5.17. The molecule has 64 valence electrons. The van der Waals surface area contributed by atoms with E-state index in [1.54, 1.807) is 6.26 Å². The summed E-state index contributed by atoms with van der Waals surface area (Å²) in [6.07, 6.45) is 5.65. The van der Waals surface area contributed by atoms with Crippen LogP contribution in [0.15, 0.2) is 53.1 Å². The second-order valence-electron chi connectivity index (χ2n) is 2.76. The molecule has 0 bridgehead atoms. The highest BCUT2D eigenvalue weighted by Gasteiger charge is 1.87. The summed E-state index contributed by atoms with van der Waals surface area (Å²) in [7, 11) is 0. The highest BCUT2D eigenvalue weighted by Crippen LogP contribution is 2.07. The van der Waals surface area contributed by atoms with Gasteiger partial charge in [-0.2, -0.15) is 0 Å². The second kappa shape index (κ2) is 3.76. The largest absolute Gasteiger partial charge is 0.465 e. The van der Waals surface area contributed by atoms with E-state index in [2.05, 4.69) is 12.1 Å². The normalized spacial score (nSPS) is 10.8. The van der Waals surface area contributed by atoms with E-state index in [4.69, 9.17) is 4.42 Å². The SMILES string of the molecule is C(=C/c1ccco1)/c1ccccc1. The highest BCUT2D eigenvalue weighted by molar-refractivity contribution is 5.67. The molecule has 13 heavy (non-hydrogen) atoms. The van der Waals surface area contributed by atoms with Crippen LogP contribution in [0.25, 0.3) is 12.2 Å². The van der Waals surface area contributed by atoms with Crippen molar-refractivity contribution >= 4 is 12.2 Å². The fourth-order valence-electron chi connectivity index (χ4n) is 1.13. The average Bonchev–Trinajstić information content (AvgIpc) is 2.69.